The molecule has 2 fully saturated rings. The van der Waals surface area contributed by atoms with E-state index in [0.29, 0.717) is 22.7 Å². The van der Waals surface area contributed by atoms with Crippen molar-refractivity contribution in [3.8, 4) is 0 Å². The third-order valence-electron chi connectivity index (χ3n) is 3.88. The monoisotopic (exact) mass is 353 g/mol. The number of nitro benzene ring substituents is 1. The van der Waals surface area contributed by atoms with Gasteiger partial charge in [-0.05, 0) is 47.7 Å². The van der Waals surface area contributed by atoms with E-state index in [1.165, 1.54) is 12.1 Å². The van der Waals surface area contributed by atoms with Crippen molar-refractivity contribution in [2.24, 2.45) is 0 Å². The lowest BCUT2D eigenvalue weighted by Gasteiger charge is -2.33. The average Bonchev–Trinajstić information content (AvgIpc) is 3.26. The van der Waals surface area contributed by atoms with Crippen LogP contribution in [0.4, 0.5) is 11.4 Å². The molecule has 112 valence electrons. The quantitative estimate of drug-likeness (QED) is 0.666. The molecule has 1 aromatic rings. The zero-order valence-electron chi connectivity index (χ0n) is 11.4. The Morgan fingerprint density at radius 2 is 2.10 bits per heavy atom. The van der Waals surface area contributed by atoms with Gasteiger partial charge in [-0.15, -0.1) is 0 Å². The number of benzene rings is 1. The van der Waals surface area contributed by atoms with Crippen LogP contribution in [-0.4, -0.2) is 29.5 Å². The third kappa shape index (κ3) is 3.08. The molecule has 3 rings (SSSR count). The fourth-order valence-electron chi connectivity index (χ4n) is 2.63. The van der Waals surface area contributed by atoms with E-state index >= 15 is 0 Å². The lowest BCUT2D eigenvalue weighted by Crippen LogP contribution is -2.51. The molecule has 1 saturated carbocycles. The van der Waals surface area contributed by atoms with Crippen molar-refractivity contribution >= 4 is 33.2 Å². The zero-order valence-corrected chi connectivity index (χ0v) is 13.0. The van der Waals surface area contributed by atoms with Gasteiger partial charge >= 0.3 is 0 Å². The lowest BCUT2D eigenvalue weighted by atomic mass is 10.0. The first-order chi connectivity index (χ1) is 10.1. The van der Waals surface area contributed by atoms with Crippen LogP contribution in [0, 0.1) is 10.1 Å². The largest absolute Gasteiger partial charge is 0.310 e. The predicted molar refractivity (Wildman–Crippen MR) is 82.3 cm³/mol. The lowest BCUT2D eigenvalue weighted by molar-refractivity contribution is -0.384. The maximum atomic E-state index is 12.6. The standard InChI is InChI=1S/C14H16BrN3O3/c15-11-6-5-10(18(20)21)8-13(11)17-7-1-2-12(14(17)19)16-9-3-4-9/h5-6,8-9,12,16H,1-4,7H2. The third-order valence-corrected chi connectivity index (χ3v) is 4.55. The molecule has 6 nitrogen and oxygen atoms in total. The molecular formula is C14H16BrN3O3. The number of piperidine rings is 1. The summed E-state index contributed by atoms with van der Waals surface area (Å²) in [5.41, 5.74) is 0.578. The summed E-state index contributed by atoms with van der Waals surface area (Å²) in [5.74, 6) is 0.00866. The van der Waals surface area contributed by atoms with Gasteiger partial charge in [0.15, 0.2) is 0 Å². The summed E-state index contributed by atoms with van der Waals surface area (Å²) in [6.07, 6.45) is 3.98. The summed E-state index contributed by atoms with van der Waals surface area (Å²) in [5, 5.41) is 14.3. The second kappa shape index (κ2) is 5.73. The number of nitro groups is 1. The Hall–Kier alpha value is -1.47. The van der Waals surface area contributed by atoms with E-state index in [-0.39, 0.29) is 17.6 Å². The molecule has 21 heavy (non-hydrogen) atoms. The summed E-state index contributed by atoms with van der Waals surface area (Å²) in [6.45, 7) is 0.599. The number of carbonyl (C=O) groups is 1. The van der Waals surface area contributed by atoms with Gasteiger partial charge in [0.2, 0.25) is 5.91 Å². The van der Waals surface area contributed by atoms with Gasteiger partial charge in [-0.1, -0.05) is 0 Å². The van der Waals surface area contributed by atoms with Gasteiger partial charge in [0.25, 0.3) is 5.69 Å². The van der Waals surface area contributed by atoms with E-state index in [2.05, 4.69) is 21.2 Å². The fraction of sp³-hybridized carbons (Fsp3) is 0.500. The minimum absolute atomic E-state index is 0.00160. The number of rotatable bonds is 4. The smallest absolute Gasteiger partial charge is 0.271 e. The molecule has 1 N–H and O–H groups in total. The molecule has 0 aromatic heterocycles. The molecule has 7 heteroatoms. The van der Waals surface area contributed by atoms with E-state index in [9.17, 15) is 14.9 Å². The van der Waals surface area contributed by atoms with Crippen molar-refractivity contribution in [3.05, 3.63) is 32.8 Å². The first kappa shape index (κ1) is 14.5. The van der Waals surface area contributed by atoms with Crippen LogP contribution < -0.4 is 10.2 Å². The summed E-state index contributed by atoms with van der Waals surface area (Å²) in [7, 11) is 0. The van der Waals surface area contributed by atoms with Gasteiger partial charge in [0.1, 0.15) is 0 Å². The number of nitrogens with zero attached hydrogens (tertiary/aromatic N) is 2. The van der Waals surface area contributed by atoms with E-state index < -0.39 is 4.92 Å². The number of anilines is 1. The number of hydrogen-bond donors (Lipinski definition) is 1. The van der Waals surface area contributed by atoms with E-state index in [4.69, 9.17) is 0 Å². The van der Waals surface area contributed by atoms with Crippen molar-refractivity contribution in [1.29, 1.82) is 0 Å². The second-order valence-corrected chi connectivity index (χ2v) is 6.37. The summed E-state index contributed by atoms with van der Waals surface area (Å²) in [6, 6.07) is 4.81. The molecule has 2 aliphatic rings. The predicted octanol–water partition coefficient (Wildman–Crippen LogP) is 2.60. The number of amides is 1. The van der Waals surface area contributed by atoms with Crippen molar-refractivity contribution in [1.82, 2.24) is 5.32 Å². The second-order valence-electron chi connectivity index (χ2n) is 5.52. The maximum Gasteiger partial charge on any atom is 0.271 e. The number of non-ortho nitro benzene ring substituents is 1. The fourth-order valence-corrected chi connectivity index (χ4v) is 3.09. The molecular weight excluding hydrogens is 338 g/mol. The van der Waals surface area contributed by atoms with Crippen LogP contribution in [-0.2, 0) is 4.79 Å². The molecule has 1 saturated heterocycles. The van der Waals surface area contributed by atoms with Gasteiger partial charge in [-0.25, -0.2) is 0 Å². The van der Waals surface area contributed by atoms with Crippen LogP contribution in [0.25, 0.3) is 0 Å². The number of hydrogen-bond acceptors (Lipinski definition) is 4. The molecule has 1 aromatic carbocycles. The van der Waals surface area contributed by atoms with Crippen LogP contribution >= 0.6 is 15.9 Å². The van der Waals surface area contributed by atoms with Crippen LogP contribution in [0.3, 0.4) is 0 Å². The Kier molecular flexibility index (Phi) is 3.95. The summed E-state index contributed by atoms with van der Waals surface area (Å²) < 4.78 is 0.702. The van der Waals surface area contributed by atoms with Crippen LogP contribution in [0.15, 0.2) is 22.7 Å². The van der Waals surface area contributed by atoms with Gasteiger partial charge in [0.05, 0.1) is 16.7 Å². The van der Waals surface area contributed by atoms with E-state index in [1.807, 2.05) is 0 Å². The first-order valence-electron chi connectivity index (χ1n) is 7.07. The van der Waals surface area contributed by atoms with Crippen LogP contribution in [0.1, 0.15) is 25.7 Å². The molecule has 0 spiro atoms. The molecule has 1 heterocycles. The Balaban J connectivity index is 1.85. The van der Waals surface area contributed by atoms with Crippen molar-refractivity contribution < 1.29 is 9.72 Å². The number of carbonyl (C=O) groups excluding carboxylic acids is 1. The topological polar surface area (TPSA) is 75.5 Å². The normalized spacial score (nSPS) is 22.4. The van der Waals surface area contributed by atoms with Crippen LogP contribution in [0.2, 0.25) is 0 Å². The zero-order chi connectivity index (χ0) is 15.0. The highest BCUT2D eigenvalue weighted by Gasteiger charge is 2.34. The van der Waals surface area contributed by atoms with Crippen molar-refractivity contribution in [2.45, 2.75) is 37.8 Å². The highest BCUT2D eigenvalue weighted by atomic mass is 79.9. The molecule has 1 unspecified atom stereocenters. The Morgan fingerprint density at radius 3 is 2.76 bits per heavy atom. The van der Waals surface area contributed by atoms with Crippen molar-refractivity contribution in [2.75, 3.05) is 11.4 Å². The van der Waals surface area contributed by atoms with E-state index in [0.717, 1.165) is 25.7 Å². The highest BCUT2D eigenvalue weighted by Crippen LogP contribution is 2.33. The first-order valence-corrected chi connectivity index (χ1v) is 7.87. The number of nitrogens with one attached hydrogen (secondary N) is 1. The SMILES string of the molecule is O=C1C(NC2CC2)CCCN1c1cc([N+](=O)[O-])ccc1Br. The number of halogens is 1. The van der Waals surface area contributed by atoms with E-state index in [1.54, 1.807) is 11.0 Å². The Labute approximate surface area is 130 Å². The van der Waals surface area contributed by atoms with Gasteiger partial charge in [0, 0.05) is 29.2 Å². The van der Waals surface area contributed by atoms with Crippen LogP contribution in [0.5, 0.6) is 0 Å². The average molecular weight is 354 g/mol. The summed E-state index contributed by atoms with van der Waals surface area (Å²) in [4.78, 5) is 24.7. The molecule has 1 atom stereocenters. The molecule has 1 amide bonds. The minimum Gasteiger partial charge on any atom is -0.310 e. The minimum atomic E-state index is -0.440. The Morgan fingerprint density at radius 1 is 1.33 bits per heavy atom. The highest BCUT2D eigenvalue weighted by molar-refractivity contribution is 9.10. The van der Waals surface area contributed by atoms with Gasteiger partial charge in [-0.3, -0.25) is 14.9 Å². The summed E-state index contributed by atoms with van der Waals surface area (Å²) >= 11 is 3.39. The van der Waals surface area contributed by atoms with Gasteiger partial charge in [-0.2, -0.15) is 0 Å². The maximum absolute atomic E-state index is 12.6. The van der Waals surface area contributed by atoms with Crippen molar-refractivity contribution in [3.63, 3.8) is 0 Å². The molecule has 1 aliphatic heterocycles. The molecule has 0 bridgehead atoms. The Bertz CT molecular complexity index is 589. The van der Waals surface area contributed by atoms with Gasteiger partial charge < -0.3 is 10.2 Å². The molecule has 0 radical (unpaired) electrons. The molecule has 1 aliphatic carbocycles.